The standard InChI is InChI=1S/C11H18BFN2O/c12-8(6-14)10-9(13)4-3-7(11(10)15)2-1-5-16/h3-4,8,16H,1-2,5-6,12,14-15H2. The maximum absolute atomic E-state index is 13.6. The zero-order valence-corrected chi connectivity index (χ0v) is 9.54. The Labute approximate surface area is 96.0 Å². The molecular weight excluding hydrogens is 206 g/mol. The predicted molar refractivity (Wildman–Crippen MR) is 66.6 cm³/mol. The van der Waals surface area contributed by atoms with Gasteiger partial charge in [-0.25, -0.2) is 4.39 Å². The number of aliphatic hydroxyl groups is 1. The molecule has 0 aromatic heterocycles. The molecule has 0 aliphatic heterocycles. The molecule has 1 atom stereocenters. The summed E-state index contributed by atoms with van der Waals surface area (Å²) in [4.78, 5) is 0. The molecule has 0 amide bonds. The quantitative estimate of drug-likeness (QED) is 0.485. The fourth-order valence-corrected chi connectivity index (χ4v) is 1.76. The predicted octanol–water partition coefficient (Wildman–Crippen LogP) is -0.0343. The van der Waals surface area contributed by atoms with Gasteiger partial charge in [0, 0.05) is 17.9 Å². The smallest absolute Gasteiger partial charge is 0.128 e. The lowest BCUT2D eigenvalue weighted by atomic mass is 9.79. The van der Waals surface area contributed by atoms with Crippen LogP contribution in [0.4, 0.5) is 10.1 Å². The maximum atomic E-state index is 13.6. The molecule has 0 aliphatic rings. The van der Waals surface area contributed by atoms with E-state index in [4.69, 9.17) is 16.6 Å². The van der Waals surface area contributed by atoms with E-state index in [0.29, 0.717) is 30.6 Å². The molecule has 0 saturated heterocycles. The van der Waals surface area contributed by atoms with Crippen LogP contribution in [-0.2, 0) is 6.42 Å². The van der Waals surface area contributed by atoms with E-state index in [1.807, 2.05) is 7.85 Å². The van der Waals surface area contributed by atoms with Crippen LogP contribution >= 0.6 is 0 Å². The third kappa shape index (κ3) is 2.74. The van der Waals surface area contributed by atoms with Crippen LogP contribution in [0.2, 0.25) is 0 Å². The van der Waals surface area contributed by atoms with E-state index < -0.39 is 0 Å². The molecule has 0 radical (unpaired) electrons. The van der Waals surface area contributed by atoms with Crippen LogP contribution in [0.15, 0.2) is 12.1 Å². The van der Waals surface area contributed by atoms with Crippen LogP contribution in [0.3, 0.4) is 0 Å². The summed E-state index contributed by atoms with van der Waals surface area (Å²) < 4.78 is 13.6. The van der Waals surface area contributed by atoms with Crippen LogP contribution in [0.1, 0.15) is 23.4 Å². The van der Waals surface area contributed by atoms with Gasteiger partial charge in [-0.05, 0) is 36.8 Å². The lowest BCUT2D eigenvalue weighted by Crippen LogP contribution is -2.16. The van der Waals surface area contributed by atoms with Gasteiger partial charge >= 0.3 is 0 Å². The van der Waals surface area contributed by atoms with Crippen molar-refractivity contribution in [1.82, 2.24) is 0 Å². The summed E-state index contributed by atoms with van der Waals surface area (Å²) >= 11 is 0. The van der Waals surface area contributed by atoms with Crippen molar-refractivity contribution in [3.8, 4) is 0 Å². The average Bonchev–Trinajstić information content (AvgIpc) is 2.28. The molecule has 0 fully saturated rings. The molecular formula is C11H18BFN2O. The highest BCUT2D eigenvalue weighted by molar-refractivity contribution is 6.13. The minimum Gasteiger partial charge on any atom is -0.398 e. The minimum atomic E-state index is -0.303. The zero-order chi connectivity index (χ0) is 12.1. The first-order valence-corrected chi connectivity index (χ1v) is 5.49. The highest BCUT2D eigenvalue weighted by Gasteiger charge is 2.15. The molecule has 88 valence electrons. The Balaban J connectivity index is 3.06. The van der Waals surface area contributed by atoms with Crippen molar-refractivity contribution in [2.45, 2.75) is 18.7 Å². The summed E-state index contributed by atoms with van der Waals surface area (Å²) in [5.41, 5.74) is 13.3. The van der Waals surface area contributed by atoms with Gasteiger partial charge in [0.2, 0.25) is 0 Å². The Hall–Kier alpha value is -1.07. The van der Waals surface area contributed by atoms with E-state index in [0.717, 1.165) is 5.56 Å². The number of hydrogen-bond donors (Lipinski definition) is 3. The van der Waals surface area contributed by atoms with Crippen molar-refractivity contribution >= 4 is 13.5 Å². The third-order valence-corrected chi connectivity index (χ3v) is 2.77. The number of halogens is 1. The number of hydrogen-bond acceptors (Lipinski definition) is 3. The molecule has 0 bridgehead atoms. The second-order valence-corrected chi connectivity index (χ2v) is 4.00. The van der Waals surface area contributed by atoms with Crippen LogP contribution in [0.5, 0.6) is 0 Å². The topological polar surface area (TPSA) is 72.3 Å². The van der Waals surface area contributed by atoms with Gasteiger partial charge in [0.25, 0.3) is 0 Å². The molecule has 5 N–H and O–H groups in total. The number of anilines is 1. The lowest BCUT2D eigenvalue weighted by molar-refractivity contribution is 0.288. The van der Waals surface area contributed by atoms with E-state index >= 15 is 0 Å². The first-order chi connectivity index (χ1) is 7.61. The Kier molecular flexibility index (Phi) is 4.77. The van der Waals surface area contributed by atoms with E-state index in [2.05, 4.69) is 0 Å². The molecule has 0 aliphatic carbocycles. The van der Waals surface area contributed by atoms with Crippen molar-refractivity contribution < 1.29 is 9.50 Å². The highest BCUT2D eigenvalue weighted by atomic mass is 19.1. The van der Waals surface area contributed by atoms with E-state index in [1.54, 1.807) is 6.07 Å². The third-order valence-electron chi connectivity index (χ3n) is 2.77. The summed E-state index contributed by atoms with van der Waals surface area (Å²) in [6.07, 6.45) is 1.29. The molecule has 1 rings (SSSR count). The van der Waals surface area contributed by atoms with Gasteiger partial charge in [-0.2, -0.15) is 0 Å². The lowest BCUT2D eigenvalue weighted by Gasteiger charge is -2.16. The first kappa shape index (κ1) is 13.0. The number of rotatable bonds is 5. The molecule has 1 unspecified atom stereocenters. The van der Waals surface area contributed by atoms with Crippen molar-refractivity contribution in [2.75, 3.05) is 18.9 Å². The highest BCUT2D eigenvalue weighted by Crippen LogP contribution is 2.27. The summed E-state index contributed by atoms with van der Waals surface area (Å²) in [5.74, 6) is -0.391. The molecule has 1 aromatic rings. The first-order valence-electron chi connectivity index (χ1n) is 5.49. The molecule has 0 spiro atoms. The van der Waals surface area contributed by atoms with Crippen molar-refractivity contribution in [3.63, 3.8) is 0 Å². The number of nitrogens with two attached hydrogens (primary N) is 2. The summed E-state index contributed by atoms with van der Waals surface area (Å²) in [7, 11) is 1.85. The summed E-state index contributed by atoms with van der Waals surface area (Å²) in [5, 5.41) is 8.76. The van der Waals surface area contributed by atoms with Gasteiger partial charge in [-0.15, -0.1) is 0 Å². The van der Waals surface area contributed by atoms with Crippen molar-refractivity contribution in [2.24, 2.45) is 5.73 Å². The van der Waals surface area contributed by atoms with E-state index in [-0.39, 0.29) is 18.2 Å². The molecule has 5 heteroatoms. The van der Waals surface area contributed by atoms with Crippen LogP contribution in [0, 0.1) is 5.82 Å². The number of aryl methyl sites for hydroxylation is 1. The fraction of sp³-hybridized carbons (Fsp3) is 0.455. The van der Waals surface area contributed by atoms with E-state index in [9.17, 15) is 4.39 Å². The van der Waals surface area contributed by atoms with Crippen molar-refractivity contribution in [1.29, 1.82) is 0 Å². The average molecular weight is 224 g/mol. The molecule has 0 saturated carbocycles. The Morgan fingerprint density at radius 3 is 2.69 bits per heavy atom. The normalized spacial score (nSPS) is 12.7. The number of nitrogen functional groups attached to an aromatic ring is 1. The molecule has 0 heterocycles. The van der Waals surface area contributed by atoms with Gasteiger partial charge < -0.3 is 16.6 Å². The zero-order valence-electron chi connectivity index (χ0n) is 9.54. The van der Waals surface area contributed by atoms with Crippen molar-refractivity contribution in [3.05, 3.63) is 29.1 Å². The Bertz CT molecular complexity index is 360. The van der Waals surface area contributed by atoms with Crippen LogP contribution < -0.4 is 11.5 Å². The largest absolute Gasteiger partial charge is 0.398 e. The summed E-state index contributed by atoms with van der Waals surface area (Å²) in [6.45, 7) is 0.475. The minimum absolute atomic E-state index is 0.0888. The van der Waals surface area contributed by atoms with E-state index in [1.165, 1.54) is 6.07 Å². The second kappa shape index (κ2) is 5.87. The maximum Gasteiger partial charge on any atom is 0.128 e. The van der Waals surface area contributed by atoms with Gasteiger partial charge in [0.1, 0.15) is 13.7 Å². The molecule has 16 heavy (non-hydrogen) atoms. The van der Waals surface area contributed by atoms with Crippen LogP contribution in [0.25, 0.3) is 0 Å². The van der Waals surface area contributed by atoms with Crippen LogP contribution in [-0.4, -0.2) is 26.1 Å². The van der Waals surface area contributed by atoms with Gasteiger partial charge in [0.05, 0.1) is 0 Å². The second-order valence-electron chi connectivity index (χ2n) is 4.00. The fourth-order valence-electron chi connectivity index (χ4n) is 1.76. The summed E-state index contributed by atoms with van der Waals surface area (Å²) in [6, 6.07) is 3.09. The SMILES string of the molecule is BC(CN)c1c(F)ccc(CCCO)c1N. The van der Waals surface area contributed by atoms with Gasteiger partial charge in [-0.3, -0.25) is 0 Å². The Morgan fingerprint density at radius 2 is 2.12 bits per heavy atom. The molecule has 3 nitrogen and oxygen atoms in total. The van der Waals surface area contributed by atoms with Gasteiger partial charge in [0.15, 0.2) is 0 Å². The number of benzene rings is 1. The Morgan fingerprint density at radius 1 is 1.44 bits per heavy atom. The monoisotopic (exact) mass is 224 g/mol. The molecule has 1 aromatic carbocycles. The number of aliphatic hydroxyl groups excluding tert-OH is 1. The van der Waals surface area contributed by atoms with Gasteiger partial charge in [-0.1, -0.05) is 6.07 Å².